The van der Waals surface area contributed by atoms with E-state index in [0.717, 1.165) is 5.69 Å². The smallest absolute Gasteiger partial charge is 0.407 e. The van der Waals surface area contributed by atoms with Gasteiger partial charge >= 0.3 is 6.09 Å². The molecule has 0 aromatic heterocycles. The van der Waals surface area contributed by atoms with Crippen molar-refractivity contribution in [2.75, 3.05) is 52.0 Å². The number of nitrogens with zero attached hydrogens (tertiary/aromatic N) is 2. The Morgan fingerprint density at radius 2 is 2.04 bits per heavy atom. The summed E-state index contributed by atoms with van der Waals surface area (Å²) in [7, 11) is 3.23. The van der Waals surface area contributed by atoms with Crippen LogP contribution < -0.4 is 14.4 Å². The number of benzene rings is 1. The van der Waals surface area contributed by atoms with Crippen molar-refractivity contribution in [3.05, 3.63) is 18.2 Å². The first-order chi connectivity index (χ1) is 11.1. The summed E-state index contributed by atoms with van der Waals surface area (Å²) in [5.74, 6) is 1.33. The molecule has 1 aromatic rings. The molecule has 1 fully saturated rings. The molecule has 0 radical (unpaired) electrons. The fourth-order valence-electron chi connectivity index (χ4n) is 2.68. The zero-order valence-electron chi connectivity index (χ0n) is 13.8. The molecule has 1 atom stereocenters. The summed E-state index contributed by atoms with van der Waals surface area (Å²) in [5.41, 5.74) is 0.998. The molecule has 0 saturated carbocycles. The van der Waals surface area contributed by atoms with Crippen molar-refractivity contribution in [2.45, 2.75) is 13.0 Å². The van der Waals surface area contributed by atoms with Gasteiger partial charge in [-0.2, -0.15) is 0 Å². The first-order valence-corrected chi connectivity index (χ1v) is 7.61. The average Bonchev–Trinajstić information content (AvgIpc) is 2.54. The Bertz CT molecular complexity index is 537. The lowest BCUT2D eigenvalue weighted by molar-refractivity contribution is 0.122. The number of hydrogen-bond donors (Lipinski definition) is 1. The topological polar surface area (TPSA) is 71.5 Å². The number of ether oxygens (including phenoxy) is 3. The number of rotatable bonds is 6. The summed E-state index contributed by atoms with van der Waals surface area (Å²) in [5, 5.41) is 9.15. The molecule has 128 valence electrons. The van der Waals surface area contributed by atoms with Crippen LogP contribution in [0.3, 0.4) is 0 Å². The van der Waals surface area contributed by atoms with Gasteiger partial charge in [-0.05, 0) is 19.1 Å². The van der Waals surface area contributed by atoms with E-state index < -0.39 is 6.09 Å². The number of hydrogen-bond acceptors (Lipinski definition) is 5. The molecule has 1 saturated heterocycles. The number of carboxylic acid groups (broad SMARTS) is 1. The maximum atomic E-state index is 11.1. The number of amides is 1. The van der Waals surface area contributed by atoms with E-state index in [-0.39, 0.29) is 6.04 Å². The second kappa shape index (κ2) is 7.92. The van der Waals surface area contributed by atoms with Crippen LogP contribution in [0, 0.1) is 0 Å². The third-order valence-corrected chi connectivity index (χ3v) is 3.93. The summed E-state index contributed by atoms with van der Waals surface area (Å²) in [6.45, 7) is 4.69. The van der Waals surface area contributed by atoms with Crippen molar-refractivity contribution in [1.82, 2.24) is 4.90 Å². The Kier molecular flexibility index (Phi) is 5.92. The first-order valence-electron chi connectivity index (χ1n) is 7.61. The van der Waals surface area contributed by atoms with Crippen LogP contribution in [0.1, 0.15) is 6.92 Å². The fourth-order valence-corrected chi connectivity index (χ4v) is 2.68. The Morgan fingerprint density at radius 1 is 1.26 bits per heavy atom. The Morgan fingerprint density at radius 3 is 2.65 bits per heavy atom. The van der Waals surface area contributed by atoms with Gasteiger partial charge < -0.3 is 29.1 Å². The van der Waals surface area contributed by atoms with Gasteiger partial charge in [0.1, 0.15) is 6.61 Å². The second-order valence-corrected chi connectivity index (χ2v) is 5.45. The summed E-state index contributed by atoms with van der Waals surface area (Å²) in [4.78, 5) is 14.8. The number of carbonyl (C=O) groups is 1. The van der Waals surface area contributed by atoms with E-state index in [4.69, 9.17) is 19.3 Å². The van der Waals surface area contributed by atoms with E-state index in [1.54, 1.807) is 14.2 Å². The minimum absolute atomic E-state index is 0.0510. The van der Waals surface area contributed by atoms with Crippen molar-refractivity contribution in [3.63, 3.8) is 0 Å². The van der Waals surface area contributed by atoms with Crippen LogP contribution >= 0.6 is 0 Å². The lowest BCUT2D eigenvalue weighted by Crippen LogP contribution is -2.53. The van der Waals surface area contributed by atoms with Gasteiger partial charge in [0.15, 0.2) is 11.5 Å². The van der Waals surface area contributed by atoms with Crippen LogP contribution in [0.2, 0.25) is 0 Å². The van der Waals surface area contributed by atoms with Crippen LogP contribution in [-0.4, -0.2) is 69.2 Å². The Hall–Kier alpha value is -2.15. The summed E-state index contributed by atoms with van der Waals surface area (Å²) < 4.78 is 16.0. The molecule has 1 heterocycles. The molecular formula is C16H24N2O5. The summed E-state index contributed by atoms with van der Waals surface area (Å²) in [6.07, 6.45) is -0.864. The number of anilines is 1. The van der Waals surface area contributed by atoms with Crippen LogP contribution in [0.25, 0.3) is 0 Å². The van der Waals surface area contributed by atoms with Crippen LogP contribution in [0.4, 0.5) is 10.5 Å². The maximum Gasteiger partial charge on any atom is 0.407 e. The third-order valence-electron chi connectivity index (χ3n) is 3.93. The lowest BCUT2D eigenvalue weighted by Gasteiger charge is -2.39. The molecule has 2 rings (SSSR count). The van der Waals surface area contributed by atoms with Gasteiger partial charge in [-0.3, -0.25) is 0 Å². The first kappa shape index (κ1) is 17.2. The maximum absolute atomic E-state index is 11.1. The van der Waals surface area contributed by atoms with Crippen LogP contribution in [0.15, 0.2) is 18.2 Å². The molecule has 1 aromatic carbocycles. The molecule has 0 aliphatic carbocycles. The van der Waals surface area contributed by atoms with Gasteiger partial charge in [0.25, 0.3) is 0 Å². The lowest BCUT2D eigenvalue weighted by atomic mass is 10.1. The highest BCUT2D eigenvalue weighted by Crippen LogP contribution is 2.32. The van der Waals surface area contributed by atoms with Crippen molar-refractivity contribution in [2.24, 2.45) is 0 Å². The van der Waals surface area contributed by atoms with Crippen molar-refractivity contribution >= 4 is 11.8 Å². The molecule has 7 nitrogen and oxygen atoms in total. The Labute approximate surface area is 136 Å². The molecule has 1 N–H and O–H groups in total. The average molecular weight is 324 g/mol. The normalized spacial score (nSPS) is 18.0. The molecule has 1 aliphatic rings. The van der Waals surface area contributed by atoms with E-state index in [2.05, 4.69) is 4.90 Å². The zero-order valence-corrected chi connectivity index (χ0v) is 13.8. The predicted molar refractivity (Wildman–Crippen MR) is 86.8 cm³/mol. The summed E-state index contributed by atoms with van der Waals surface area (Å²) in [6, 6.07) is 5.71. The second-order valence-electron chi connectivity index (χ2n) is 5.45. The Balaban J connectivity index is 2.07. The largest absolute Gasteiger partial charge is 0.493 e. The van der Waals surface area contributed by atoms with Gasteiger partial charge in [0.2, 0.25) is 0 Å². The van der Waals surface area contributed by atoms with E-state index in [1.807, 2.05) is 25.1 Å². The summed E-state index contributed by atoms with van der Waals surface area (Å²) >= 11 is 0. The highest BCUT2D eigenvalue weighted by Gasteiger charge is 2.27. The van der Waals surface area contributed by atoms with E-state index in [1.165, 1.54) is 4.90 Å². The number of piperazine rings is 1. The zero-order chi connectivity index (χ0) is 16.8. The van der Waals surface area contributed by atoms with Gasteiger partial charge in [-0.1, -0.05) is 0 Å². The van der Waals surface area contributed by atoms with Crippen molar-refractivity contribution in [1.29, 1.82) is 0 Å². The van der Waals surface area contributed by atoms with Gasteiger partial charge in [-0.25, -0.2) is 4.79 Å². The van der Waals surface area contributed by atoms with Crippen LogP contribution in [-0.2, 0) is 4.74 Å². The van der Waals surface area contributed by atoms with E-state index in [9.17, 15) is 4.79 Å². The molecule has 0 bridgehead atoms. The third kappa shape index (κ3) is 4.19. The molecule has 7 heteroatoms. The molecule has 1 unspecified atom stereocenters. The SMILES string of the molecule is COCCOc1ccc(N2CCN(C(=O)O)C(C)C2)cc1OC. The molecular weight excluding hydrogens is 300 g/mol. The highest BCUT2D eigenvalue weighted by atomic mass is 16.5. The van der Waals surface area contributed by atoms with E-state index >= 15 is 0 Å². The molecule has 1 aliphatic heterocycles. The molecule has 23 heavy (non-hydrogen) atoms. The molecule has 0 spiro atoms. The van der Waals surface area contributed by atoms with Crippen molar-refractivity contribution in [3.8, 4) is 11.5 Å². The number of methoxy groups -OCH3 is 2. The standard InChI is InChI=1S/C16H24N2O5/c1-12-11-17(6-7-18(12)16(19)20)13-4-5-14(15(10-13)22-3)23-9-8-21-2/h4-5,10,12H,6-9,11H2,1-3H3,(H,19,20). The van der Waals surface area contributed by atoms with E-state index in [0.29, 0.717) is 44.3 Å². The monoisotopic (exact) mass is 324 g/mol. The fraction of sp³-hybridized carbons (Fsp3) is 0.562. The highest BCUT2D eigenvalue weighted by molar-refractivity contribution is 5.66. The van der Waals surface area contributed by atoms with Gasteiger partial charge in [0.05, 0.1) is 13.7 Å². The quantitative estimate of drug-likeness (QED) is 0.806. The van der Waals surface area contributed by atoms with Gasteiger partial charge in [-0.15, -0.1) is 0 Å². The predicted octanol–water partition coefficient (Wildman–Crippen LogP) is 1.91. The minimum atomic E-state index is -0.864. The molecule has 1 amide bonds. The van der Waals surface area contributed by atoms with Crippen molar-refractivity contribution < 1.29 is 24.1 Å². The van der Waals surface area contributed by atoms with Crippen LogP contribution in [0.5, 0.6) is 11.5 Å². The minimum Gasteiger partial charge on any atom is -0.493 e. The van der Waals surface area contributed by atoms with Gasteiger partial charge in [0, 0.05) is 44.5 Å².